The van der Waals surface area contributed by atoms with Crippen LogP contribution in [0.25, 0.3) is 5.57 Å². The summed E-state index contributed by atoms with van der Waals surface area (Å²) in [6.45, 7) is 11.5. The number of rotatable bonds is 9. The summed E-state index contributed by atoms with van der Waals surface area (Å²) in [6.07, 6.45) is 6.84. The molecular formula is C38H49N3O6Si. The van der Waals surface area contributed by atoms with E-state index in [1.54, 1.807) is 6.07 Å². The molecule has 0 bridgehead atoms. The van der Waals surface area contributed by atoms with Gasteiger partial charge in [0.25, 0.3) is 5.91 Å². The van der Waals surface area contributed by atoms with Crippen molar-refractivity contribution in [1.82, 2.24) is 5.32 Å². The smallest absolute Gasteiger partial charge is 0.251 e. The first-order chi connectivity index (χ1) is 23.0. The summed E-state index contributed by atoms with van der Waals surface area (Å²) in [5, 5.41) is 46.0. The van der Waals surface area contributed by atoms with Gasteiger partial charge in [0.05, 0.1) is 12.3 Å². The summed E-state index contributed by atoms with van der Waals surface area (Å²) in [6, 6.07) is 11.3. The second kappa shape index (κ2) is 14.2. The van der Waals surface area contributed by atoms with E-state index in [1.807, 2.05) is 19.1 Å². The molecule has 0 spiro atoms. The van der Waals surface area contributed by atoms with Gasteiger partial charge in [-0.25, -0.2) is 0 Å². The maximum atomic E-state index is 13.4. The summed E-state index contributed by atoms with van der Waals surface area (Å²) in [4.78, 5) is 20.8. The molecule has 3 heterocycles. The summed E-state index contributed by atoms with van der Waals surface area (Å²) < 4.78 is 5.23. The molecule has 0 saturated carbocycles. The predicted octanol–water partition coefficient (Wildman–Crippen LogP) is 3.52. The molecule has 1 amide bonds. The van der Waals surface area contributed by atoms with Crippen LogP contribution in [0, 0.1) is 6.92 Å². The molecule has 0 unspecified atom stereocenters. The minimum atomic E-state index is -2.14. The fraction of sp³-hybridized carbons (Fsp3) is 0.474. The quantitative estimate of drug-likeness (QED) is 0.204. The predicted molar refractivity (Wildman–Crippen MR) is 192 cm³/mol. The number of nitrogens with one attached hydrogen (secondary N) is 1. The van der Waals surface area contributed by atoms with Gasteiger partial charge in [0, 0.05) is 30.9 Å². The number of aliphatic hydroxyl groups excluding tert-OH is 4. The highest BCUT2D eigenvalue weighted by Crippen LogP contribution is 2.43. The standard InChI is InChI=1S/C38H49N3O6Si/c1-5-6-7-16-39-25-11-14-28-31(20-25)48(3,4)32-21-26(41-17-8-9-18-41)12-15-29(32)33(28)27-13-10-24(19-23(27)2)37(45)40-34-36(44)35(43)30(22-42)47-38(34)46/h10-15,19-21,30,34-36,38,42-44,46H,5-9,16-18,22H2,1-4H3,(H,40,45)/t30-,34-,35-,36-,38+/m1/s1. The number of unbranched alkanes of at least 4 members (excludes halogenated alkanes) is 2. The highest BCUT2D eigenvalue weighted by molar-refractivity contribution is 6.98. The Morgan fingerprint density at radius 2 is 1.77 bits per heavy atom. The molecular weight excluding hydrogens is 623 g/mol. The van der Waals surface area contributed by atoms with Crippen LogP contribution in [0.1, 0.15) is 66.1 Å². The molecule has 0 radical (unpaired) electrons. The first kappa shape index (κ1) is 34.5. The third-order valence-corrected chi connectivity index (χ3v) is 13.9. The van der Waals surface area contributed by atoms with E-state index in [4.69, 9.17) is 9.73 Å². The number of hydrogen-bond donors (Lipinski definition) is 5. The molecule has 4 aliphatic rings. The Morgan fingerprint density at radius 1 is 1.02 bits per heavy atom. The lowest BCUT2D eigenvalue weighted by Crippen LogP contribution is -2.64. The van der Waals surface area contributed by atoms with E-state index in [0.717, 1.165) is 48.5 Å². The van der Waals surface area contributed by atoms with Gasteiger partial charge in [-0.05, 0) is 101 Å². The molecule has 48 heavy (non-hydrogen) atoms. The molecule has 2 saturated heterocycles. The van der Waals surface area contributed by atoms with Gasteiger partial charge < -0.3 is 35.4 Å². The Labute approximate surface area is 284 Å². The van der Waals surface area contributed by atoms with Crippen molar-refractivity contribution in [3.8, 4) is 0 Å². The first-order valence-electron chi connectivity index (χ1n) is 17.4. The van der Waals surface area contributed by atoms with Gasteiger partial charge in [0.1, 0.15) is 32.4 Å². The van der Waals surface area contributed by atoms with Crippen LogP contribution in [0.3, 0.4) is 0 Å². The average Bonchev–Trinajstić information content (AvgIpc) is 3.63. The topological polar surface area (TPSA) is 135 Å². The summed E-state index contributed by atoms with van der Waals surface area (Å²) in [5.74, 6) is -0.515. The van der Waals surface area contributed by atoms with Crippen LogP contribution in [0.15, 0.2) is 70.4 Å². The number of aryl methyl sites for hydroxylation is 1. The van der Waals surface area contributed by atoms with Crippen LogP contribution in [-0.2, 0) is 4.74 Å². The monoisotopic (exact) mass is 671 g/mol. The summed E-state index contributed by atoms with van der Waals surface area (Å²) >= 11 is 0. The minimum absolute atomic E-state index is 0.353. The molecule has 1 aliphatic carbocycles. The van der Waals surface area contributed by atoms with E-state index < -0.39 is 51.2 Å². The Bertz CT molecular complexity index is 1670. The zero-order valence-electron chi connectivity index (χ0n) is 28.4. The SMILES string of the molecule is CCCCCN=C1C=CC2=C(c3ccc(C(=O)N[C@@H]4[C@@H](O)[C@H](O)[C@@H](CO)O[C@@H]4O)cc3C)c3ccc(N4CCCC4)cc3[Si](C)(C)C2=C1. The van der Waals surface area contributed by atoms with Crippen molar-refractivity contribution in [2.24, 2.45) is 4.99 Å². The van der Waals surface area contributed by atoms with Crippen molar-refractivity contribution in [3.63, 3.8) is 0 Å². The van der Waals surface area contributed by atoms with Gasteiger partial charge in [-0.3, -0.25) is 9.79 Å². The van der Waals surface area contributed by atoms with Crippen LogP contribution >= 0.6 is 0 Å². The molecule has 9 nitrogen and oxygen atoms in total. The fourth-order valence-electron chi connectivity index (χ4n) is 7.53. The van der Waals surface area contributed by atoms with E-state index >= 15 is 0 Å². The number of amides is 1. The number of hydrogen-bond acceptors (Lipinski definition) is 8. The van der Waals surface area contributed by atoms with Crippen molar-refractivity contribution >= 4 is 36.1 Å². The number of fused-ring (bicyclic) bond motifs is 2. The molecule has 5 N–H and O–H groups in total. The van der Waals surface area contributed by atoms with E-state index in [0.29, 0.717) is 5.56 Å². The zero-order chi connectivity index (χ0) is 34.2. The van der Waals surface area contributed by atoms with Crippen LogP contribution < -0.4 is 15.4 Å². The number of allylic oxidation sites excluding steroid dienone is 5. The third-order valence-electron chi connectivity index (χ3n) is 10.4. The lowest BCUT2D eigenvalue weighted by Gasteiger charge is -2.40. The van der Waals surface area contributed by atoms with Crippen molar-refractivity contribution in [1.29, 1.82) is 0 Å². The molecule has 2 aromatic carbocycles. The lowest BCUT2D eigenvalue weighted by molar-refractivity contribution is -0.252. The molecule has 256 valence electrons. The normalized spacial score (nSPS) is 27.2. The van der Waals surface area contributed by atoms with Crippen molar-refractivity contribution < 1.29 is 30.0 Å². The van der Waals surface area contributed by atoms with Crippen LogP contribution in [0.2, 0.25) is 13.1 Å². The highest BCUT2D eigenvalue weighted by Gasteiger charge is 2.44. The second-order valence-electron chi connectivity index (χ2n) is 14.0. The third kappa shape index (κ3) is 6.49. The number of aliphatic hydroxyl groups is 4. The summed E-state index contributed by atoms with van der Waals surface area (Å²) in [5.41, 5.74) is 8.19. The Balaban J connectivity index is 1.38. The van der Waals surface area contributed by atoms with Gasteiger partial charge in [0.15, 0.2) is 6.29 Å². The van der Waals surface area contributed by atoms with Gasteiger partial charge in [-0.1, -0.05) is 51.1 Å². The van der Waals surface area contributed by atoms with E-state index in [-0.39, 0.29) is 0 Å². The number of nitrogens with zero attached hydrogens (tertiary/aromatic N) is 2. The number of anilines is 1. The number of ether oxygens (including phenoxy) is 1. The zero-order valence-corrected chi connectivity index (χ0v) is 29.4. The van der Waals surface area contributed by atoms with Crippen LogP contribution in [-0.4, -0.2) is 97.0 Å². The number of benzene rings is 2. The summed E-state index contributed by atoms with van der Waals surface area (Å²) in [7, 11) is -2.14. The van der Waals surface area contributed by atoms with Crippen molar-refractivity contribution in [3.05, 3.63) is 87.6 Å². The molecule has 2 aromatic rings. The maximum absolute atomic E-state index is 13.4. The van der Waals surface area contributed by atoms with Gasteiger partial charge in [-0.2, -0.15) is 0 Å². The fourth-order valence-corrected chi connectivity index (χ4v) is 10.6. The number of carbonyl (C=O) groups is 1. The van der Waals surface area contributed by atoms with Crippen LogP contribution in [0.5, 0.6) is 0 Å². The van der Waals surface area contributed by atoms with E-state index in [2.05, 4.69) is 66.7 Å². The Kier molecular flexibility index (Phi) is 10.2. The largest absolute Gasteiger partial charge is 0.394 e. The Morgan fingerprint density at radius 3 is 2.48 bits per heavy atom. The van der Waals surface area contributed by atoms with Gasteiger partial charge >= 0.3 is 0 Å². The van der Waals surface area contributed by atoms with E-state index in [1.165, 1.54) is 52.9 Å². The van der Waals surface area contributed by atoms with Crippen molar-refractivity contribution in [2.45, 2.75) is 89.7 Å². The van der Waals surface area contributed by atoms with Gasteiger partial charge in [0.2, 0.25) is 0 Å². The molecule has 5 atom stereocenters. The van der Waals surface area contributed by atoms with Gasteiger partial charge in [-0.15, -0.1) is 0 Å². The minimum Gasteiger partial charge on any atom is -0.394 e. The molecule has 3 aliphatic heterocycles. The lowest BCUT2D eigenvalue weighted by atomic mass is 9.87. The maximum Gasteiger partial charge on any atom is 0.251 e. The molecule has 6 rings (SSSR count). The Hall–Kier alpha value is -3.38. The number of carbonyl (C=O) groups excluding carboxylic acids is 1. The molecule has 2 fully saturated rings. The van der Waals surface area contributed by atoms with Crippen LogP contribution in [0.4, 0.5) is 5.69 Å². The first-order valence-corrected chi connectivity index (χ1v) is 20.4. The number of aliphatic imine (C=N–C) groups is 1. The highest BCUT2D eigenvalue weighted by atomic mass is 28.3. The second-order valence-corrected chi connectivity index (χ2v) is 18.3. The van der Waals surface area contributed by atoms with Crippen molar-refractivity contribution in [2.75, 3.05) is 31.1 Å². The molecule has 10 heteroatoms. The molecule has 0 aromatic heterocycles. The average molecular weight is 672 g/mol. The van der Waals surface area contributed by atoms with E-state index in [9.17, 15) is 25.2 Å².